The van der Waals surface area contributed by atoms with Gasteiger partial charge in [-0.05, 0) is 57.8 Å². The highest BCUT2D eigenvalue weighted by molar-refractivity contribution is 8.00. The fourth-order valence-corrected chi connectivity index (χ4v) is 4.95. The molecule has 1 saturated heterocycles. The maximum atomic E-state index is 12.6. The Morgan fingerprint density at radius 3 is 2.57 bits per heavy atom. The number of aromatic nitrogens is 3. The van der Waals surface area contributed by atoms with Crippen LogP contribution in [0.5, 0.6) is 0 Å². The van der Waals surface area contributed by atoms with Crippen molar-refractivity contribution in [1.82, 2.24) is 25.0 Å². The van der Waals surface area contributed by atoms with Gasteiger partial charge in [0, 0.05) is 11.7 Å². The number of benzene rings is 1. The molecule has 150 valence electrons. The number of para-hydroxylation sites is 1. The fraction of sp³-hybridized carbons (Fsp3) is 0.571. The molecule has 2 aromatic rings. The molecule has 1 amide bonds. The van der Waals surface area contributed by atoms with Crippen molar-refractivity contribution in [2.75, 3.05) is 13.1 Å². The third-order valence-electron chi connectivity index (χ3n) is 5.63. The van der Waals surface area contributed by atoms with E-state index in [1.165, 1.54) is 37.4 Å². The molecule has 0 radical (unpaired) electrons. The van der Waals surface area contributed by atoms with Crippen molar-refractivity contribution in [2.45, 2.75) is 68.4 Å². The Balaban J connectivity index is 1.52. The van der Waals surface area contributed by atoms with Crippen molar-refractivity contribution in [2.24, 2.45) is 0 Å². The van der Waals surface area contributed by atoms with E-state index in [0.717, 1.165) is 49.1 Å². The van der Waals surface area contributed by atoms with E-state index >= 15 is 0 Å². The van der Waals surface area contributed by atoms with Gasteiger partial charge in [-0.15, -0.1) is 10.2 Å². The number of hydrogen-bond donors (Lipinski definition) is 1. The maximum Gasteiger partial charge on any atom is 0.233 e. The summed E-state index contributed by atoms with van der Waals surface area (Å²) in [6.45, 7) is 4.98. The molecule has 1 atom stereocenters. The van der Waals surface area contributed by atoms with E-state index in [4.69, 9.17) is 0 Å². The van der Waals surface area contributed by atoms with Crippen molar-refractivity contribution in [1.29, 1.82) is 0 Å². The number of carbonyl (C=O) groups is 1. The molecule has 1 aromatic heterocycles. The molecule has 1 unspecified atom stereocenters. The normalized spacial score (nSPS) is 19.2. The van der Waals surface area contributed by atoms with Gasteiger partial charge < -0.3 is 5.32 Å². The first kappa shape index (κ1) is 19.5. The molecule has 1 saturated carbocycles. The van der Waals surface area contributed by atoms with Gasteiger partial charge in [-0.3, -0.25) is 14.3 Å². The first-order valence-corrected chi connectivity index (χ1v) is 11.3. The minimum absolute atomic E-state index is 0.0978. The molecule has 1 aromatic carbocycles. The predicted molar refractivity (Wildman–Crippen MR) is 112 cm³/mol. The van der Waals surface area contributed by atoms with Crippen LogP contribution in [-0.2, 0) is 11.3 Å². The topological polar surface area (TPSA) is 63.1 Å². The van der Waals surface area contributed by atoms with Crippen molar-refractivity contribution in [3.63, 3.8) is 0 Å². The summed E-state index contributed by atoms with van der Waals surface area (Å²) in [7, 11) is 0. The molecule has 1 aliphatic carbocycles. The van der Waals surface area contributed by atoms with E-state index < -0.39 is 0 Å². The van der Waals surface area contributed by atoms with Crippen LogP contribution in [0.25, 0.3) is 5.69 Å². The molecule has 2 heterocycles. The largest absolute Gasteiger partial charge is 0.352 e. The smallest absolute Gasteiger partial charge is 0.233 e. The van der Waals surface area contributed by atoms with Crippen LogP contribution in [0.4, 0.5) is 0 Å². The van der Waals surface area contributed by atoms with Gasteiger partial charge in [0.15, 0.2) is 11.0 Å². The highest BCUT2D eigenvalue weighted by atomic mass is 32.2. The zero-order valence-electron chi connectivity index (χ0n) is 16.5. The molecule has 0 spiro atoms. The zero-order valence-corrected chi connectivity index (χ0v) is 17.3. The molecule has 4 rings (SSSR count). The number of rotatable bonds is 7. The van der Waals surface area contributed by atoms with E-state index in [0.29, 0.717) is 6.04 Å². The predicted octanol–water partition coefficient (Wildman–Crippen LogP) is 3.40. The highest BCUT2D eigenvalue weighted by Gasteiger charge is 2.25. The average molecular weight is 400 g/mol. The molecular formula is C21H29N5OS. The minimum Gasteiger partial charge on any atom is -0.352 e. The SMILES string of the molecule is CC(Sc1nnc(CN2CCCC2)n1-c1ccccc1)C(=O)NC1CCCC1. The fourth-order valence-electron chi connectivity index (χ4n) is 4.06. The summed E-state index contributed by atoms with van der Waals surface area (Å²) >= 11 is 1.49. The van der Waals surface area contributed by atoms with E-state index in [-0.39, 0.29) is 11.2 Å². The molecule has 2 fully saturated rings. The van der Waals surface area contributed by atoms with Gasteiger partial charge in [0.1, 0.15) is 0 Å². The zero-order chi connectivity index (χ0) is 19.3. The Kier molecular flexibility index (Phi) is 6.32. The van der Waals surface area contributed by atoms with Crippen LogP contribution in [0.2, 0.25) is 0 Å². The first-order chi connectivity index (χ1) is 13.7. The quantitative estimate of drug-likeness (QED) is 0.723. The van der Waals surface area contributed by atoms with Crippen molar-refractivity contribution in [3.8, 4) is 5.69 Å². The second-order valence-electron chi connectivity index (χ2n) is 7.80. The number of thioether (sulfide) groups is 1. The van der Waals surface area contributed by atoms with Crippen LogP contribution < -0.4 is 5.32 Å². The van der Waals surface area contributed by atoms with Crippen LogP contribution in [0.3, 0.4) is 0 Å². The van der Waals surface area contributed by atoms with Crippen LogP contribution in [0.15, 0.2) is 35.5 Å². The summed E-state index contributed by atoms with van der Waals surface area (Å²) in [5.74, 6) is 1.04. The van der Waals surface area contributed by atoms with Gasteiger partial charge >= 0.3 is 0 Å². The molecule has 2 aliphatic rings. The Morgan fingerprint density at radius 2 is 1.86 bits per heavy atom. The summed E-state index contributed by atoms with van der Waals surface area (Å²) in [6, 6.07) is 10.6. The second kappa shape index (κ2) is 9.09. The average Bonchev–Trinajstić information content (AvgIpc) is 3.46. The lowest BCUT2D eigenvalue weighted by Gasteiger charge is -2.18. The molecule has 7 heteroatoms. The Labute approximate surface area is 171 Å². The first-order valence-electron chi connectivity index (χ1n) is 10.4. The highest BCUT2D eigenvalue weighted by Crippen LogP contribution is 2.27. The van der Waals surface area contributed by atoms with Gasteiger partial charge in [0.05, 0.1) is 11.8 Å². The number of carbonyl (C=O) groups excluding carboxylic acids is 1. The van der Waals surface area contributed by atoms with Crippen LogP contribution in [-0.4, -0.2) is 50.0 Å². The van der Waals surface area contributed by atoms with Crippen LogP contribution >= 0.6 is 11.8 Å². The van der Waals surface area contributed by atoms with Gasteiger partial charge in [-0.1, -0.05) is 42.8 Å². The number of nitrogens with one attached hydrogen (secondary N) is 1. The number of amides is 1. The summed E-state index contributed by atoms with van der Waals surface area (Å²) in [6.07, 6.45) is 7.13. The second-order valence-corrected chi connectivity index (χ2v) is 9.11. The van der Waals surface area contributed by atoms with E-state index in [2.05, 4.69) is 37.1 Å². The van der Waals surface area contributed by atoms with Crippen LogP contribution in [0, 0.1) is 0 Å². The minimum atomic E-state index is -0.202. The van der Waals surface area contributed by atoms with Crippen molar-refractivity contribution >= 4 is 17.7 Å². The number of nitrogens with zero attached hydrogens (tertiary/aromatic N) is 4. The third-order valence-corrected chi connectivity index (χ3v) is 6.67. The lowest BCUT2D eigenvalue weighted by Crippen LogP contribution is -2.37. The van der Waals surface area contributed by atoms with E-state index in [1.807, 2.05) is 25.1 Å². The standard InChI is InChI=1S/C21H29N5OS/c1-16(20(27)22-17-9-5-6-10-17)28-21-24-23-19(15-25-13-7-8-14-25)26(21)18-11-3-2-4-12-18/h2-4,11-12,16-17H,5-10,13-15H2,1H3,(H,22,27). The monoisotopic (exact) mass is 399 g/mol. The van der Waals surface area contributed by atoms with Gasteiger partial charge in [0.25, 0.3) is 0 Å². The van der Waals surface area contributed by atoms with Crippen molar-refractivity contribution in [3.05, 3.63) is 36.2 Å². The van der Waals surface area contributed by atoms with E-state index in [1.54, 1.807) is 0 Å². The summed E-state index contributed by atoms with van der Waals surface area (Å²) in [5.41, 5.74) is 1.05. The summed E-state index contributed by atoms with van der Waals surface area (Å²) < 4.78 is 2.11. The number of likely N-dealkylation sites (tertiary alicyclic amines) is 1. The lowest BCUT2D eigenvalue weighted by atomic mass is 10.2. The van der Waals surface area contributed by atoms with Gasteiger partial charge in [-0.25, -0.2) is 0 Å². The van der Waals surface area contributed by atoms with Gasteiger partial charge in [-0.2, -0.15) is 0 Å². The molecule has 28 heavy (non-hydrogen) atoms. The molecular weight excluding hydrogens is 370 g/mol. The molecule has 6 nitrogen and oxygen atoms in total. The van der Waals surface area contributed by atoms with E-state index in [9.17, 15) is 4.79 Å². The number of hydrogen-bond acceptors (Lipinski definition) is 5. The third kappa shape index (κ3) is 4.58. The molecule has 1 N–H and O–H groups in total. The van der Waals surface area contributed by atoms with Crippen LogP contribution in [0.1, 0.15) is 51.3 Å². The lowest BCUT2D eigenvalue weighted by molar-refractivity contribution is -0.120. The molecule has 0 bridgehead atoms. The van der Waals surface area contributed by atoms with Crippen molar-refractivity contribution < 1.29 is 4.79 Å². The Hall–Kier alpha value is -1.86. The maximum absolute atomic E-state index is 12.6. The Morgan fingerprint density at radius 1 is 1.14 bits per heavy atom. The van der Waals surface area contributed by atoms with Gasteiger partial charge in [0.2, 0.25) is 5.91 Å². The Bertz CT molecular complexity index is 781. The summed E-state index contributed by atoms with van der Waals surface area (Å²) in [5, 5.41) is 12.7. The summed E-state index contributed by atoms with van der Waals surface area (Å²) in [4.78, 5) is 15.1. The molecule has 1 aliphatic heterocycles.